The molecule has 1 fully saturated rings. The summed E-state index contributed by atoms with van der Waals surface area (Å²) in [5.41, 5.74) is 4.40. The maximum Gasteiger partial charge on any atom is 0.300 e. The fourth-order valence-electron chi connectivity index (χ4n) is 4.93. The minimum Gasteiger partial charge on any atom is -0.507 e. The number of benzene rings is 3. The number of Topliss-reactive ketones (excluding diaryl/α,β-unsaturated/α-hetero) is 1. The quantitative estimate of drug-likeness (QED) is 0.203. The van der Waals surface area contributed by atoms with E-state index in [1.807, 2.05) is 57.2 Å². The highest BCUT2D eigenvalue weighted by Gasteiger charge is 2.47. The van der Waals surface area contributed by atoms with E-state index in [2.05, 4.69) is 20.8 Å². The Balaban J connectivity index is 1.93. The number of ether oxygens (including phenoxy) is 2. The molecule has 1 amide bonds. The summed E-state index contributed by atoms with van der Waals surface area (Å²) in [5, 5.41) is 11.6. The Kier molecular flexibility index (Phi) is 7.86. The molecule has 0 saturated carbocycles. The van der Waals surface area contributed by atoms with Crippen LogP contribution in [-0.4, -0.2) is 30.5 Å². The summed E-state index contributed by atoms with van der Waals surface area (Å²) in [5.74, 6) is -0.341. The zero-order valence-electron chi connectivity index (χ0n) is 23.8. The van der Waals surface area contributed by atoms with Gasteiger partial charge in [-0.3, -0.25) is 14.5 Å². The number of aliphatic hydroxyl groups is 1. The zero-order chi connectivity index (χ0) is 28.5. The molecule has 204 valence electrons. The number of amides is 1. The van der Waals surface area contributed by atoms with Crippen LogP contribution >= 0.6 is 0 Å². The summed E-state index contributed by atoms with van der Waals surface area (Å²) >= 11 is 0. The monoisotopic (exact) mass is 527 g/mol. The van der Waals surface area contributed by atoms with Crippen molar-refractivity contribution in [3.05, 3.63) is 94.1 Å². The number of carbonyl (C=O) groups is 2. The molecular weight excluding hydrogens is 490 g/mol. The predicted molar refractivity (Wildman–Crippen MR) is 155 cm³/mol. The summed E-state index contributed by atoms with van der Waals surface area (Å²) in [6, 6.07) is 17.9. The summed E-state index contributed by atoms with van der Waals surface area (Å²) < 4.78 is 11.2. The third kappa shape index (κ3) is 5.42. The van der Waals surface area contributed by atoms with E-state index in [4.69, 9.17) is 9.47 Å². The minimum atomic E-state index is -0.817. The molecule has 0 spiro atoms. The molecule has 3 aromatic rings. The maximum atomic E-state index is 13.6. The second-order valence-corrected chi connectivity index (χ2v) is 11.0. The largest absolute Gasteiger partial charge is 0.507 e. The molecule has 1 aliphatic rings. The minimum absolute atomic E-state index is 0.0519. The number of hydrogen-bond donors (Lipinski definition) is 1. The molecule has 0 bridgehead atoms. The molecule has 1 unspecified atom stereocenters. The number of methoxy groups -OCH3 is 1. The number of aryl methyl sites for hydroxylation is 2. The summed E-state index contributed by atoms with van der Waals surface area (Å²) in [4.78, 5) is 28.7. The average Bonchev–Trinajstić information content (AvgIpc) is 3.18. The first-order valence-electron chi connectivity index (χ1n) is 13.3. The van der Waals surface area contributed by atoms with Gasteiger partial charge < -0.3 is 14.6 Å². The Labute approximate surface area is 230 Å². The van der Waals surface area contributed by atoms with Gasteiger partial charge in [0, 0.05) is 17.3 Å². The first kappa shape index (κ1) is 28.0. The Morgan fingerprint density at radius 1 is 0.974 bits per heavy atom. The average molecular weight is 528 g/mol. The van der Waals surface area contributed by atoms with Crippen molar-refractivity contribution in [1.82, 2.24) is 0 Å². The van der Waals surface area contributed by atoms with Crippen LogP contribution < -0.4 is 14.4 Å². The van der Waals surface area contributed by atoms with E-state index in [0.29, 0.717) is 29.4 Å². The van der Waals surface area contributed by atoms with Gasteiger partial charge in [-0.1, -0.05) is 58.0 Å². The van der Waals surface area contributed by atoms with Crippen LogP contribution in [0.2, 0.25) is 0 Å². The molecule has 39 heavy (non-hydrogen) atoms. The van der Waals surface area contributed by atoms with Gasteiger partial charge in [0.25, 0.3) is 11.7 Å². The lowest BCUT2D eigenvalue weighted by Crippen LogP contribution is -2.29. The van der Waals surface area contributed by atoms with Crippen molar-refractivity contribution in [3.63, 3.8) is 0 Å². The molecule has 0 aliphatic carbocycles. The van der Waals surface area contributed by atoms with Gasteiger partial charge in [0.1, 0.15) is 17.3 Å². The van der Waals surface area contributed by atoms with Crippen molar-refractivity contribution in [2.75, 3.05) is 18.6 Å². The van der Waals surface area contributed by atoms with Gasteiger partial charge in [0.05, 0.1) is 25.3 Å². The Morgan fingerprint density at radius 2 is 1.67 bits per heavy atom. The number of rotatable bonds is 7. The topological polar surface area (TPSA) is 76.1 Å². The molecule has 1 saturated heterocycles. The maximum absolute atomic E-state index is 13.6. The standard InChI is InChI=1S/C33H37NO5/c1-8-16-39-25-11-9-10-24(19-25)34-29(22-12-14-23(15-13-22)33(4,5)6)28(31(36)32(34)37)30(35)26-17-21(3)27(38-7)18-20(26)2/h9-15,17-19,29,35H,8,16H2,1-7H3/b30-28+. The second kappa shape index (κ2) is 11.0. The molecule has 0 aromatic heterocycles. The van der Waals surface area contributed by atoms with Crippen molar-refractivity contribution in [2.24, 2.45) is 0 Å². The van der Waals surface area contributed by atoms with Gasteiger partial charge in [-0.15, -0.1) is 0 Å². The van der Waals surface area contributed by atoms with E-state index in [-0.39, 0.29) is 16.7 Å². The number of hydrogen-bond acceptors (Lipinski definition) is 5. The molecule has 1 aliphatic heterocycles. The van der Waals surface area contributed by atoms with Crippen molar-refractivity contribution >= 4 is 23.1 Å². The van der Waals surface area contributed by atoms with Gasteiger partial charge in [0.2, 0.25) is 0 Å². The van der Waals surface area contributed by atoms with Crippen LogP contribution in [0, 0.1) is 13.8 Å². The molecule has 1 atom stereocenters. The Morgan fingerprint density at radius 3 is 2.28 bits per heavy atom. The van der Waals surface area contributed by atoms with Crippen molar-refractivity contribution in [2.45, 2.75) is 59.4 Å². The third-order valence-corrected chi connectivity index (χ3v) is 7.10. The first-order chi connectivity index (χ1) is 18.5. The van der Waals surface area contributed by atoms with E-state index in [1.54, 1.807) is 31.4 Å². The predicted octanol–water partition coefficient (Wildman–Crippen LogP) is 7.02. The van der Waals surface area contributed by atoms with E-state index in [1.165, 1.54) is 4.90 Å². The van der Waals surface area contributed by atoms with E-state index >= 15 is 0 Å². The van der Waals surface area contributed by atoms with E-state index < -0.39 is 17.7 Å². The summed E-state index contributed by atoms with van der Waals surface area (Å²) in [7, 11) is 1.59. The smallest absolute Gasteiger partial charge is 0.300 e. The van der Waals surface area contributed by atoms with Crippen molar-refractivity contribution in [3.8, 4) is 11.5 Å². The fourth-order valence-corrected chi connectivity index (χ4v) is 4.93. The lowest BCUT2D eigenvalue weighted by Gasteiger charge is -2.27. The van der Waals surface area contributed by atoms with Gasteiger partial charge >= 0.3 is 0 Å². The molecule has 1 heterocycles. The van der Waals surface area contributed by atoms with Crippen LogP contribution in [0.5, 0.6) is 11.5 Å². The number of anilines is 1. The summed E-state index contributed by atoms with van der Waals surface area (Å²) in [6.07, 6.45) is 0.843. The van der Waals surface area contributed by atoms with Gasteiger partial charge in [-0.2, -0.15) is 0 Å². The Bertz CT molecular complexity index is 1430. The molecule has 4 rings (SSSR count). The number of carbonyl (C=O) groups excluding carboxylic acids is 2. The van der Waals surface area contributed by atoms with Crippen LogP contribution in [0.1, 0.15) is 68.0 Å². The molecule has 6 heteroatoms. The molecule has 3 aromatic carbocycles. The van der Waals surface area contributed by atoms with Crippen molar-refractivity contribution in [1.29, 1.82) is 0 Å². The second-order valence-electron chi connectivity index (χ2n) is 11.0. The van der Waals surface area contributed by atoms with E-state index in [0.717, 1.165) is 28.7 Å². The van der Waals surface area contributed by atoms with Crippen LogP contribution in [-0.2, 0) is 15.0 Å². The van der Waals surface area contributed by atoms with Crippen LogP contribution in [0.15, 0.2) is 66.2 Å². The van der Waals surface area contributed by atoms with Crippen molar-refractivity contribution < 1.29 is 24.2 Å². The number of ketones is 1. The number of aliphatic hydroxyl groups excluding tert-OH is 1. The lowest BCUT2D eigenvalue weighted by molar-refractivity contribution is -0.132. The van der Waals surface area contributed by atoms with Crippen LogP contribution in [0.4, 0.5) is 5.69 Å². The number of nitrogens with zero attached hydrogens (tertiary/aromatic N) is 1. The van der Waals surface area contributed by atoms with Crippen LogP contribution in [0.3, 0.4) is 0 Å². The molecule has 6 nitrogen and oxygen atoms in total. The highest BCUT2D eigenvalue weighted by atomic mass is 16.5. The molecule has 1 N–H and O–H groups in total. The third-order valence-electron chi connectivity index (χ3n) is 7.10. The van der Waals surface area contributed by atoms with Crippen LogP contribution in [0.25, 0.3) is 5.76 Å². The molecule has 0 radical (unpaired) electrons. The normalized spacial score (nSPS) is 17.0. The van der Waals surface area contributed by atoms with Gasteiger partial charge in [0.15, 0.2) is 0 Å². The van der Waals surface area contributed by atoms with E-state index in [9.17, 15) is 14.7 Å². The summed E-state index contributed by atoms with van der Waals surface area (Å²) in [6.45, 7) is 12.7. The van der Waals surface area contributed by atoms with Gasteiger partial charge in [-0.05, 0) is 72.2 Å². The first-order valence-corrected chi connectivity index (χ1v) is 13.3. The SMILES string of the molecule is CCCOc1cccc(N2C(=O)C(=O)/C(=C(/O)c3cc(C)c(OC)cc3C)C2c2ccc(C(C)(C)C)cc2)c1. The lowest BCUT2D eigenvalue weighted by atomic mass is 9.85. The van der Waals surface area contributed by atoms with Gasteiger partial charge in [-0.25, -0.2) is 0 Å². The highest BCUT2D eigenvalue weighted by molar-refractivity contribution is 6.51. The molecular formula is C33H37NO5. The fraction of sp³-hybridized carbons (Fsp3) is 0.333. The Hall–Kier alpha value is -4.06. The highest BCUT2D eigenvalue weighted by Crippen LogP contribution is 2.44. The zero-order valence-corrected chi connectivity index (χ0v) is 23.8.